The van der Waals surface area contributed by atoms with Crippen molar-refractivity contribution in [3.63, 3.8) is 0 Å². The molecule has 1 heterocycles. The van der Waals surface area contributed by atoms with E-state index >= 15 is 0 Å². The molecule has 0 aliphatic carbocycles. The number of benzene rings is 2. The van der Waals surface area contributed by atoms with E-state index in [2.05, 4.69) is 15.3 Å². The Morgan fingerprint density at radius 1 is 1.19 bits per heavy atom. The summed E-state index contributed by atoms with van der Waals surface area (Å²) in [5.41, 5.74) is 6.31. The monoisotopic (exact) mass is 443 g/mol. The van der Waals surface area contributed by atoms with Gasteiger partial charge in [-0.15, -0.1) is 0 Å². The molecule has 0 fully saturated rings. The molecular weight excluding hydrogens is 425 g/mol. The summed E-state index contributed by atoms with van der Waals surface area (Å²) in [6, 6.07) is 9.88. The van der Waals surface area contributed by atoms with Gasteiger partial charge in [0.05, 0.1) is 10.6 Å². The molecule has 31 heavy (non-hydrogen) atoms. The Kier molecular flexibility index (Phi) is 6.36. The third-order valence-corrected chi connectivity index (χ3v) is 4.84. The summed E-state index contributed by atoms with van der Waals surface area (Å²) in [7, 11) is 1.53. The number of anilines is 2. The number of aromatic nitrogens is 2. The molecule has 2 aromatic carbocycles. The molecular formula is C21H19ClFN5O3. The molecule has 0 aliphatic rings. The number of nitrogens with zero attached hydrogens (tertiary/aromatic N) is 2. The van der Waals surface area contributed by atoms with Crippen molar-refractivity contribution >= 4 is 40.7 Å². The van der Waals surface area contributed by atoms with E-state index in [4.69, 9.17) is 17.3 Å². The van der Waals surface area contributed by atoms with Gasteiger partial charge in [0, 0.05) is 24.8 Å². The molecule has 3 rings (SSSR count). The fourth-order valence-electron chi connectivity index (χ4n) is 2.84. The first-order valence-corrected chi connectivity index (χ1v) is 9.62. The predicted molar refractivity (Wildman–Crippen MR) is 115 cm³/mol. The molecule has 0 radical (unpaired) electrons. The van der Waals surface area contributed by atoms with E-state index < -0.39 is 23.5 Å². The lowest BCUT2D eigenvalue weighted by atomic mass is 10.2. The number of rotatable bonds is 6. The van der Waals surface area contributed by atoms with Crippen LogP contribution in [0.1, 0.15) is 44.1 Å². The zero-order valence-electron chi connectivity index (χ0n) is 16.7. The normalized spacial score (nSPS) is 10.6. The number of hydrogen-bond acceptors (Lipinski definition) is 4. The summed E-state index contributed by atoms with van der Waals surface area (Å²) < 4.78 is 13.2. The number of nitrogens with one attached hydrogen (secondary N) is 2. The lowest BCUT2D eigenvalue weighted by Crippen LogP contribution is -2.29. The number of H-pyrrole nitrogens is 1. The van der Waals surface area contributed by atoms with Crippen LogP contribution < -0.4 is 16.0 Å². The maximum absolute atomic E-state index is 13.2. The van der Waals surface area contributed by atoms with Crippen LogP contribution in [0.25, 0.3) is 0 Å². The minimum Gasteiger partial charge on any atom is -0.364 e. The van der Waals surface area contributed by atoms with Gasteiger partial charge in [-0.1, -0.05) is 18.5 Å². The number of aromatic amines is 1. The summed E-state index contributed by atoms with van der Waals surface area (Å²) >= 11 is 5.91. The van der Waals surface area contributed by atoms with Gasteiger partial charge in [-0.05, 0) is 42.5 Å². The molecule has 0 unspecified atom stereocenters. The minimum absolute atomic E-state index is 0.00448. The van der Waals surface area contributed by atoms with Crippen LogP contribution >= 0.6 is 11.6 Å². The summed E-state index contributed by atoms with van der Waals surface area (Å²) in [5, 5.41) is 2.65. The zero-order valence-corrected chi connectivity index (χ0v) is 17.5. The van der Waals surface area contributed by atoms with Gasteiger partial charge in [0.1, 0.15) is 17.3 Å². The second-order valence-electron chi connectivity index (χ2n) is 6.61. The average Bonchev–Trinajstić information content (AvgIpc) is 3.18. The molecule has 0 spiro atoms. The Morgan fingerprint density at radius 2 is 1.87 bits per heavy atom. The van der Waals surface area contributed by atoms with Gasteiger partial charge in [-0.2, -0.15) is 0 Å². The molecule has 0 aliphatic heterocycles. The second-order valence-corrected chi connectivity index (χ2v) is 7.02. The first-order chi connectivity index (χ1) is 14.7. The van der Waals surface area contributed by atoms with Crippen molar-refractivity contribution in [2.75, 3.05) is 17.3 Å². The molecule has 4 N–H and O–H groups in total. The van der Waals surface area contributed by atoms with E-state index in [1.165, 1.54) is 18.0 Å². The van der Waals surface area contributed by atoms with E-state index in [0.29, 0.717) is 23.6 Å². The fourth-order valence-corrected chi connectivity index (χ4v) is 3.09. The molecule has 0 bridgehead atoms. The summed E-state index contributed by atoms with van der Waals surface area (Å²) in [6.45, 7) is 1.83. The number of nitrogens with two attached hydrogens (primary N) is 1. The third kappa shape index (κ3) is 4.72. The van der Waals surface area contributed by atoms with Crippen molar-refractivity contribution in [1.29, 1.82) is 0 Å². The third-order valence-electron chi connectivity index (χ3n) is 4.53. The van der Waals surface area contributed by atoms with Crippen LogP contribution in [-0.4, -0.2) is 34.7 Å². The van der Waals surface area contributed by atoms with Crippen molar-refractivity contribution < 1.29 is 18.8 Å². The van der Waals surface area contributed by atoms with E-state index in [1.807, 2.05) is 6.92 Å². The Balaban J connectivity index is 1.76. The van der Waals surface area contributed by atoms with Gasteiger partial charge >= 0.3 is 0 Å². The van der Waals surface area contributed by atoms with E-state index in [9.17, 15) is 18.8 Å². The Morgan fingerprint density at radius 3 is 2.45 bits per heavy atom. The van der Waals surface area contributed by atoms with Gasteiger partial charge in [-0.3, -0.25) is 14.4 Å². The van der Waals surface area contributed by atoms with Crippen molar-refractivity contribution in [2.24, 2.45) is 5.73 Å². The van der Waals surface area contributed by atoms with Gasteiger partial charge < -0.3 is 20.9 Å². The Bertz CT molecular complexity index is 1160. The van der Waals surface area contributed by atoms with Crippen LogP contribution in [0.5, 0.6) is 0 Å². The first-order valence-electron chi connectivity index (χ1n) is 9.24. The highest BCUT2D eigenvalue weighted by Gasteiger charge is 2.24. The number of amides is 3. The van der Waals surface area contributed by atoms with Crippen LogP contribution in [0.4, 0.5) is 15.8 Å². The van der Waals surface area contributed by atoms with Gasteiger partial charge in [0.15, 0.2) is 5.69 Å². The zero-order chi connectivity index (χ0) is 22.7. The number of aryl methyl sites for hydroxylation is 1. The highest BCUT2D eigenvalue weighted by molar-refractivity contribution is 6.34. The van der Waals surface area contributed by atoms with Crippen LogP contribution in [0.3, 0.4) is 0 Å². The van der Waals surface area contributed by atoms with Crippen LogP contribution in [0.15, 0.2) is 42.5 Å². The Hall–Kier alpha value is -3.72. The molecule has 3 amide bonds. The topological polar surface area (TPSA) is 121 Å². The van der Waals surface area contributed by atoms with E-state index in [1.54, 1.807) is 24.3 Å². The molecule has 3 aromatic rings. The number of primary amides is 1. The molecule has 10 heteroatoms. The molecule has 8 nitrogen and oxygen atoms in total. The van der Waals surface area contributed by atoms with E-state index in [-0.39, 0.29) is 22.0 Å². The fraction of sp³-hybridized carbons (Fsp3) is 0.143. The maximum Gasteiger partial charge on any atom is 0.279 e. The lowest BCUT2D eigenvalue weighted by Gasteiger charge is -2.17. The maximum atomic E-state index is 13.2. The molecule has 1 aromatic heterocycles. The Labute approximate surface area is 182 Å². The predicted octanol–water partition coefficient (Wildman–Crippen LogP) is 3.39. The summed E-state index contributed by atoms with van der Waals surface area (Å²) in [4.78, 5) is 45.0. The van der Waals surface area contributed by atoms with Gasteiger partial charge in [0.2, 0.25) is 0 Å². The van der Waals surface area contributed by atoms with Crippen molar-refractivity contribution in [3.05, 3.63) is 76.1 Å². The summed E-state index contributed by atoms with van der Waals surface area (Å²) in [6.07, 6.45) is 0.504. The first kappa shape index (κ1) is 22.0. The minimum atomic E-state index is -0.776. The van der Waals surface area contributed by atoms with Gasteiger partial charge in [-0.25, -0.2) is 9.37 Å². The molecule has 160 valence electrons. The average molecular weight is 444 g/mol. The van der Waals surface area contributed by atoms with Crippen LogP contribution in [-0.2, 0) is 6.42 Å². The highest BCUT2D eigenvalue weighted by Crippen LogP contribution is 2.22. The van der Waals surface area contributed by atoms with Crippen molar-refractivity contribution in [1.82, 2.24) is 9.97 Å². The second kappa shape index (κ2) is 8.97. The smallest absolute Gasteiger partial charge is 0.279 e. The number of imidazole rings is 1. The van der Waals surface area contributed by atoms with Crippen LogP contribution in [0.2, 0.25) is 5.02 Å². The molecule has 0 saturated carbocycles. The molecule has 0 saturated heterocycles. The highest BCUT2D eigenvalue weighted by atomic mass is 35.5. The van der Waals surface area contributed by atoms with Gasteiger partial charge in [0.25, 0.3) is 17.7 Å². The van der Waals surface area contributed by atoms with E-state index in [0.717, 1.165) is 12.1 Å². The number of carbonyl (C=O) groups excluding carboxylic acids is 3. The standard InChI is InChI=1S/C21H19ClFN5O3/c1-3-16-26-17(19(24)29)18(27-16)21(31)28(2)13-7-5-12(6-8-13)25-20(30)14-9-4-11(23)10-15(14)22/h4-10H,3H2,1-2H3,(H2,24,29)(H,25,30)(H,26,27). The summed E-state index contributed by atoms with van der Waals surface area (Å²) in [5.74, 6) is -1.86. The lowest BCUT2D eigenvalue weighted by molar-refractivity contribution is 0.0958. The quantitative estimate of drug-likeness (QED) is 0.540. The van der Waals surface area contributed by atoms with Crippen molar-refractivity contribution in [3.8, 4) is 0 Å². The number of hydrogen-bond donors (Lipinski definition) is 3. The largest absolute Gasteiger partial charge is 0.364 e. The SMILES string of the molecule is CCc1nc(C(=O)N(C)c2ccc(NC(=O)c3ccc(F)cc3Cl)cc2)c(C(N)=O)[nH]1. The van der Waals surface area contributed by atoms with Crippen LogP contribution in [0, 0.1) is 5.82 Å². The number of carbonyl (C=O) groups is 3. The number of halogens is 2. The molecule has 0 atom stereocenters. The van der Waals surface area contributed by atoms with Crippen molar-refractivity contribution in [2.45, 2.75) is 13.3 Å².